The van der Waals surface area contributed by atoms with Crippen molar-refractivity contribution < 1.29 is 23.5 Å². The van der Waals surface area contributed by atoms with Gasteiger partial charge >= 0.3 is 0 Å². The van der Waals surface area contributed by atoms with Crippen LogP contribution < -0.4 is 26.2 Å². The van der Waals surface area contributed by atoms with Crippen molar-refractivity contribution in [3.05, 3.63) is 135 Å². The second-order valence-corrected chi connectivity index (χ2v) is 19.1. The number of amides is 3. The summed E-state index contributed by atoms with van der Waals surface area (Å²) >= 11 is 0. The van der Waals surface area contributed by atoms with Gasteiger partial charge in [-0.25, -0.2) is 9.37 Å². The van der Waals surface area contributed by atoms with E-state index in [1.807, 2.05) is 42.9 Å². The predicted octanol–water partition coefficient (Wildman–Crippen LogP) is 6.52. The molecule has 0 radical (unpaired) electrons. The van der Waals surface area contributed by atoms with Gasteiger partial charge in [-0.1, -0.05) is 12.1 Å². The molecule has 2 aromatic carbocycles. The fraction of sp³-hybridized carbons (Fsp3) is 0.396. The third-order valence-corrected chi connectivity index (χ3v) is 14.9. The van der Waals surface area contributed by atoms with Gasteiger partial charge in [-0.2, -0.15) is 5.10 Å². The molecule has 364 valence electrons. The van der Waals surface area contributed by atoms with Crippen molar-refractivity contribution in [3.63, 3.8) is 0 Å². The third-order valence-electron chi connectivity index (χ3n) is 14.9. The summed E-state index contributed by atoms with van der Waals surface area (Å²) in [7, 11) is 5.42. The molecule has 0 saturated carbocycles. The van der Waals surface area contributed by atoms with Crippen molar-refractivity contribution in [2.45, 2.75) is 83.6 Å². The molecule has 8 heterocycles. The fourth-order valence-electron chi connectivity index (χ4n) is 10.9. The van der Waals surface area contributed by atoms with Gasteiger partial charge in [0.2, 0.25) is 11.8 Å². The number of anilines is 2. The highest BCUT2D eigenvalue weighted by Gasteiger charge is 2.31. The maximum Gasteiger partial charge on any atom is 0.257 e. The summed E-state index contributed by atoms with van der Waals surface area (Å²) in [6.45, 7) is 9.41. The van der Waals surface area contributed by atoms with Crippen molar-refractivity contribution in [2.75, 3.05) is 57.5 Å². The molecule has 1 unspecified atom stereocenters. The molecular formula is C53H60FN11O5. The van der Waals surface area contributed by atoms with E-state index in [1.165, 1.54) is 11.6 Å². The number of nitrogens with one attached hydrogen (secondary N) is 3. The van der Waals surface area contributed by atoms with Crippen molar-refractivity contribution in [1.29, 1.82) is 0 Å². The number of ether oxygens (including phenoxy) is 1. The molecule has 70 heavy (non-hydrogen) atoms. The zero-order valence-corrected chi connectivity index (χ0v) is 40.4. The predicted molar refractivity (Wildman–Crippen MR) is 267 cm³/mol. The van der Waals surface area contributed by atoms with Crippen molar-refractivity contribution in [1.82, 2.24) is 43.9 Å². The number of imide groups is 1. The Hall–Kier alpha value is -7.11. The van der Waals surface area contributed by atoms with Crippen molar-refractivity contribution in [2.24, 2.45) is 7.05 Å². The summed E-state index contributed by atoms with van der Waals surface area (Å²) in [4.78, 5) is 62.2. The fourth-order valence-corrected chi connectivity index (χ4v) is 10.9. The van der Waals surface area contributed by atoms with Gasteiger partial charge in [0.05, 0.1) is 43.0 Å². The van der Waals surface area contributed by atoms with Crippen LogP contribution in [0.4, 0.5) is 15.8 Å². The minimum Gasteiger partial charge on any atom is -0.495 e. The normalized spacial score (nSPS) is 18.6. The first-order chi connectivity index (χ1) is 33.8. The molecule has 4 aliphatic rings. The van der Waals surface area contributed by atoms with E-state index in [4.69, 9.17) is 9.84 Å². The third kappa shape index (κ3) is 9.10. The lowest BCUT2D eigenvalue weighted by atomic mass is 9.89. The van der Waals surface area contributed by atoms with Gasteiger partial charge in [0.1, 0.15) is 23.3 Å². The first-order valence-electron chi connectivity index (χ1n) is 24.3. The van der Waals surface area contributed by atoms with E-state index in [9.17, 15) is 19.2 Å². The van der Waals surface area contributed by atoms with Crippen LogP contribution >= 0.6 is 0 Å². The number of pyridine rings is 2. The number of benzene rings is 2. The van der Waals surface area contributed by atoms with Gasteiger partial charge in [0.15, 0.2) is 0 Å². The highest BCUT2D eigenvalue weighted by Crippen LogP contribution is 2.37. The minimum atomic E-state index is -0.484. The smallest absolute Gasteiger partial charge is 0.257 e. The SMILES string of the molecule is CNc1ccn(-c2ccnc3c2cc([C@H](C)N2CC=C(c4c(C)cc(C(=O)N5CCn6nc(CN7CCC(c8ccc(NC9CCC(=O)NC9=O)c(OC)c8)CC7)cc6C5)cc4F)CC2)n3C)c(=O)c1. The molecule has 4 aromatic heterocycles. The summed E-state index contributed by atoms with van der Waals surface area (Å²) in [6, 6.07) is 18.4. The first-order valence-corrected chi connectivity index (χ1v) is 24.3. The first kappa shape index (κ1) is 46.6. The zero-order valence-electron chi connectivity index (χ0n) is 40.4. The topological polar surface area (TPSA) is 164 Å². The number of aromatic nitrogens is 5. The lowest BCUT2D eigenvalue weighted by molar-refractivity contribution is -0.133. The molecule has 2 fully saturated rings. The Morgan fingerprint density at radius 3 is 2.53 bits per heavy atom. The van der Waals surface area contributed by atoms with Crippen molar-refractivity contribution >= 4 is 45.7 Å². The monoisotopic (exact) mass is 949 g/mol. The van der Waals surface area contributed by atoms with Crippen LogP contribution in [0.3, 0.4) is 0 Å². The van der Waals surface area contributed by atoms with Gasteiger partial charge in [-0.15, -0.1) is 0 Å². The molecule has 4 aliphatic heterocycles. The Morgan fingerprint density at radius 1 is 0.971 bits per heavy atom. The van der Waals surface area contributed by atoms with E-state index in [-0.39, 0.29) is 35.1 Å². The molecule has 3 amide bonds. The maximum absolute atomic E-state index is 16.2. The Balaban J connectivity index is 0.742. The minimum absolute atomic E-state index is 0.0232. The van der Waals surface area contributed by atoms with Crippen LogP contribution in [0.1, 0.15) is 95.1 Å². The summed E-state index contributed by atoms with van der Waals surface area (Å²) in [5.41, 5.74) is 9.73. The standard InChI is InChI=1S/C53H60FN11O5/c1-32-24-37(25-42(54)50(32)35-13-19-62(20-14-35)33(2)46-29-41-45(10-16-56-51(41)60(46)4)64-21-15-38(55-3)28-49(64)67)53(69)63-22-23-65-40(31-63)27-39(59-65)30-61-17-11-34(12-18-61)36-6-7-43(47(26-36)70-5)57-44-8-9-48(66)58-52(44)68/h6-7,10,13,15-16,21,24-29,33-34,44,55,57H,8-9,11-12,14,17-20,22-23,30-31H2,1-5H3,(H,58,66,68)/t33-,44?/m0/s1. The van der Waals surface area contributed by atoms with Gasteiger partial charge in [-0.3, -0.25) is 43.5 Å². The molecule has 10 rings (SSSR count). The molecule has 16 nitrogen and oxygen atoms in total. The second kappa shape index (κ2) is 19.4. The number of hydrogen-bond acceptors (Lipinski definition) is 11. The van der Waals surface area contributed by atoms with Crippen LogP contribution in [-0.2, 0) is 36.3 Å². The molecule has 0 spiro atoms. The summed E-state index contributed by atoms with van der Waals surface area (Å²) < 4.78 is 27.6. The number of carbonyl (C=O) groups excluding carboxylic acids is 3. The summed E-state index contributed by atoms with van der Waals surface area (Å²) in [6.07, 6.45) is 8.98. The molecule has 0 bridgehead atoms. The Bertz CT molecular complexity index is 3090. The van der Waals surface area contributed by atoms with E-state index < -0.39 is 6.04 Å². The zero-order chi connectivity index (χ0) is 48.8. The van der Waals surface area contributed by atoms with Crippen LogP contribution in [0.2, 0.25) is 0 Å². The number of methoxy groups -OCH3 is 1. The molecule has 17 heteroatoms. The Labute approximate surface area is 406 Å². The molecule has 2 saturated heterocycles. The largest absolute Gasteiger partial charge is 0.495 e. The number of nitrogens with zero attached hydrogens (tertiary/aromatic N) is 8. The number of piperidine rings is 2. The Morgan fingerprint density at radius 2 is 1.80 bits per heavy atom. The number of aryl methyl sites for hydroxylation is 2. The maximum atomic E-state index is 16.2. The highest BCUT2D eigenvalue weighted by molar-refractivity contribution is 6.01. The van der Waals surface area contributed by atoms with Gasteiger partial charge in [0.25, 0.3) is 11.5 Å². The molecular weight excluding hydrogens is 890 g/mol. The lowest BCUT2D eigenvalue weighted by Crippen LogP contribution is -2.47. The average Bonchev–Trinajstić information content (AvgIpc) is 3.94. The quantitative estimate of drug-likeness (QED) is 0.115. The van der Waals surface area contributed by atoms with E-state index in [0.29, 0.717) is 68.2 Å². The van der Waals surface area contributed by atoms with E-state index in [0.717, 1.165) is 95.3 Å². The number of likely N-dealkylation sites (tertiary alicyclic amines) is 1. The van der Waals surface area contributed by atoms with Crippen LogP contribution in [0.25, 0.3) is 22.3 Å². The molecule has 0 aliphatic carbocycles. The highest BCUT2D eigenvalue weighted by atomic mass is 19.1. The number of hydrogen-bond donors (Lipinski definition) is 3. The second-order valence-electron chi connectivity index (χ2n) is 19.1. The van der Waals surface area contributed by atoms with Crippen LogP contribution in [0.5, 0.6) is 5.75 Å². The van der Waals surface area contributed by atoms with Crippen molar-refractivity contribution in [3.8, 4) is 11.4 Å². The van der Waals surface area contributed by atoms with E-state index in [2.05, 4.69) is 72.6 Å². The number of fused-ring (bicyclic) bond motifs is 2. The lowest BCUT2D eigenvalue weighted by Gasteiger charge is -2.32. The Kier molecular flexibility index (Phi) is 12.9. The molecule has 6 aromatic rings. The van der Waals surface area contributed by atoms with Gasteiger partial charge in [0, 0.05) is 99.1 Å². The van der Waals surface area contributed by atoms with Gasteiger partial charge < -0.3 is 24.8 Å². The summed E-state index contributed by atoms with van der Waals surface area (Å²) in [5, 5.41) is 14.5. The number of carbonyl (C=O) groups is 3. The van der Waals surface area contributed by atoms with E-state index >= 15 is 4.39 Å². The van der Waals surface area contributed by atoms with Crippen LogP contribution in [0.15, 0.2) is 83.9 Å². The summed E-state index contributed by atoms with van der Waals surface area (Å²) in [5.74, 6) is -0.0903. The van der Waals surface area contributed by atoms with E-state index in [1.54, 1.807) is 42.1 Å². The van der Waals surface area contributed by atoms with Crippen LogP contribution in [0, 0.1) is 12.7 Å². The number of rotatable bonds is 12. The van der Waals surface area contributed by atoms with Gasteiger partial charge in [-0.05, 0) is 124 Å². The van der Waals surface area contributed by atoms with Crippen LogP contribution in [-0.4, -0.2) is 109 Å². The average molecular weight is 950 g/mol. The molecule has 3 N–H and O–H groups in total. The number of halogens is 1. The molecule has 2 atom stereocenters.